The van der Waals surface area contributed by atoms with Crippen LogP contribution in [0.1, 0.15) is 24.5 Å². The lowest BCUT2D eigenvalue weighted by molar-refractivity contribution is -0.362. The molecule has 0 fully saturated rings. The van der Waals surface area contributed by atoms with Gasteiger partial charge in [0.05, 0.1) is 12.0 Å². The zero-order valence-electron chi connectivity index (χ0n) is 12.1. The van der Waals surface area contributed by atoms with E-state index in [0.717, 1.165) is 14.0 Å². The van der Waals surface area contributed by atoms with Gasteiger partial charge in [-0.05, 0) is 25.0 Å². The molecule has 0 aliphatic rings. The Labute approximate surface area is 123 Å². The first kappa shape index (κ1) is 18.7. The third-order valence-electron chi connectivity index (χ3n) is 3.54. The molecule has 0 amide bonds. The molecule has 0 aliphatic heterocycles. The van der Waals surface area contributed by atoms with E-state index >= 15 is 0 Å². The minimum atomic E-state index is -6.35. The van der Waals surface area contributed by atoms with E-state index in [0.29, 0.717) is 5.56 Å². The zero-order valence-corrected chi connectivity index (χ0v) is 12.1. The van der Waals surface area contributed by atoms with Crippen LogP contribution in [0, 0.1) is 6.92 Å². The van der Waals surface area contributed by atoms with Crippen LogP contribution >= 0.6 is 0 Å². The lowest BCUT2D eigenvalue weighted by Crippen LogP contribution is -2.54. The summed E-state index contributed by atoms with van der Waals surface area (Å²) in [5.74, 6) is -11.5. The molecule has 1 atom stereocenters. The molecular formula is C14H15F7O. The molecule has 22 heavy (non-hydrogen) atoms. The van der Waals surface area contributed by atoms with Crippen molar-refractivity contribution in [2.45, 2.75) is 43.9 Å². The molecule has 0 radical (unpaired) electrons. The van der Waals surface area contributed by atoms with Gasteiger partial charge in [-0.25, -0.2) is 0 Å². The fourth-order valence-electron chi connectivity index (χ4n) is 2.19. The van der Waals surface area contributed by atoms with E-state index in [1.54, 1.807) is 6.07 Å². The molecule has 0 N–H and O–H groups in total. The van der Waals surface area contributed by atoms with E-state index in [2.05, 4.69) is 0 Å². The van der Waals surface area contributed by atoms with Crippen LogP contribution in [0.2, 0.25) is 0 Å². The summed E-state index contributed by atoms with van der Waals surface area (Å²) >= 11 is 0. The van der Waals surface area contributed by atoms with Crippen LogP contribution in [0.3, 0.4) is 0 Å². The van der Waals surface area contributed by atoms with Crippen LogP contribution in [0.4, 0.5) is 30.7 Å². The minimum absolute atomic E-state index is 0.121. The summed E-state index contributed by atoms with van der Waals surface area (Å²) in [4.78, 5) is 0. The monoisotopic (exact) mass is 332 g/mol. The van der Waals surface area contributed by atoms with Crippen molar-refractivity contribution in [1.82, 2.24) is 0 Å². The smallest absolute Gasteiger partial charge is 0.374 e. The molecule has 0 spiro atoms. The van der Waals surface area contributed by atoms with E-state index in [1.807, 2.05) is 0 Å². The second-order valence-corrected chi connectivity index (χ2v) is 5.20. The number of ether oxygens (including phenoxy) is 1. The van der Waals surface area contributed by atoms with Crippen LogP contribution < -0.4 is 0 Å². The average molecular weight is 332 g/mol. The number of halogens is 7. The Morgan fingerprint density at radius 1 is 0.955 bits per heavy atom. The second kappa shape index (κ2) is 5.72. The van der Waals surface area contributed by atoms with E-state index in [4.69, 9.17) is 4.74 Å². The Morgan fingerprint density at radius 3 is 1.86 bits per heavy atom. The summed E-state index contributed by atoms with van der Waals surface area (Å²) in [7, 11) is 0.980. The third kappa shape index (κ3) is 3.21. The van der Waals surface area contributed by atoms with Gasteiger partial charge in [0.25, 0.3) is 0 Å². The predicted molar refractivity (Wildman–Crippen MR) is 66.1 cm³/mol. The fraction of sp³-hybridized carbons (Fsp3) is 0.571. The topological polar surface area (TPSA) is 9.23 Å². The van der Waals surface area contributed by atoms with Crippen LogP contribution in [0.15, 0.2) is 24.3 Å². The number of aryl methyl sites for hydroxylation is 1. The van der Waals surface area contributed by atoms with Crippen LogP contribution in [-0.4, -0.2) is 25.1 Å². The van der Waals surface area contributed by atoms with Crippen molar-refractivity contribution in [3.8, 4) is 0 Å². The Balaban J connectivity index is 3.26. The normalized spacial score (nSPS) is 16.5. The summed E-state index contributed by atoms with van der Waals surface area (Å²) < 4.78 is 94.9. The maximum absolute atomic E-state index is 13.6. The van der Waals surface area contributed by atoms with E-state index in [1.165, 1.54) is 25.1 Å². The standard InChI is InChI=1S/C14H15F7O/c1-9-6-4-5-7-10(9)11(2,22-3)8-12(15,16)13(17,18)14(19,20)21/h4-7H,8H2,1-3H3. The molecule has 1 unspecified atom stereocenters. The van der Waals surface area contributed by atoms with Gasteiger partial charge >= 0.3 is 18.0 Å². The summed E-state index contributed by atoms with van der Waals surface area (Å²) in [6.07, 6.45) is -8.16. The van der Waals surface area contributed by atoms with Gasteiger partial charge in [-0.3, -0.25) is 0 Å². The largest absolute Gasteiger partial charge is 0.459 e. The van der Waals surface area contributed by atoms with E-state index < -0.39 is 30.0 Å². The number of hydrogen-bond donors (Lipinski definition) is 0. The van der Waals surface area contributed by atoms with Crippen LogP contribution in [-0.2, 0) is 10.3 Å². The summed E-state index contributed by atoms with van der Waals surface area (Å²) in [5, 5.41) is 0. The van der Waals surface area contributed by atoms with Crippen molar-refractivity contribution >= 4 is 0 Å². The number of benzene rings is 1. The Kier molecular flexibility index (Phi) is 4.87. The van der Waals surface area contributed by atoms with Gasteiger partial charge in [0, 0.05) is 7.11 Å². The van der Waals surface area contributed by atoms with Gasteiger partial charge in [0.1, 0.15) is 0 Å². The summed E-state index contributed by atoms with van der Waals surface area (Å²) in [6.45, 7) is 2.57. The molecule has 0 aromatic heterocycles. The van der Waals surface area contributed by atoms with Gasteiger partial charge in [0.15, 0.2) is 0 Å². The molecule has 0 saturated heterocycles. The maximum atomic E-state index is 13.6. The zero-order chi connectivity index (χ0) is 17.4. The van der Waals surface area contributed by atoms with E-state index in [-0.39, 0.29) is 5.56 Å². The molecule has 126 valence electrons. The fourth-order valence-corrected chi connectivity index (χ4v) is 2.19. The highest BCUT2D eigenvalue weighted by molar-refractivity contribution is 5.31. The van der Waals surface area contributed by atoms with Crippen molar-refractivity contribution < 1.29 is 35.5 Å². The Bertz CT molecular complexity index is 524. The molecule has 8 heteroatoms. The van der Waals surface area contributed by atoms with Crippen molar-refractivity contribution in [1.29, 1.82) is 0 Å². The molecule has 1 rings (SSSR count). The highest BCUT2D eigenvalue weighted by atomic mass is 19.4. The predicted octanol–water partition coefficient (Wildman–Crippen LogP) is 5.08. The molecule has 1 aromatic carbocycles. The minimum Gasteiger partial charge on any atom is -0.374 e. The van der Waals surface area contributed by atoms with Crippen molar-refractivity contribution in [2.24, 2.45) is 0 Å². The maximum Gasteiger partial charge on any atom is 0.459 e. The second-order valence-electron chi connectivity index (χ2n) is 5.20. The number of alkyl halides is 7. The first-order chi connectivity index (χ1) is 9.78. The van der Waals surface area contributed by atoms with Gasteiger partial charge in [-0.2, -0.15) is 30.7 Å². The Hall–Kier alpha value is -1.31. The summed E-state index contributed by atoms with van der Waals surface area (Å²) in [5.41, 5.74) is -1.43. The molecule has 0 saturated carbocycles. The van der Waals surface area contributed by atoms with Gasteiger partial charge in [0.2, 0.25) is 0 Å². The van der Waals surface area contributed by atoms with Gasteiger partial charge < -0.3 is 4.74 Å². The van der Waals surface area contributed by atoms with E-state index in [9.17, 15) is 30.7 Å². The van der Waals surface area contributed by atoms with Gasteiger partial charge in [-0.15, -0.1) is 0 Å². The number of rotatable bonds is 5. The van der Waals surface area contributed by atoms with Crippen molar-refractivity contribution in [3.05, 3.63) is 35.4 Å². The molecule has 0 bridgehead atoms. The van der Waals surface area contributed by atoms with Crippen molar-refractivity contribution in [2.75, 3.05) is 7.11 Å². The van der Waals surface area contributed by atoms with Crippen molar-refractivity contribution in [3.63, 3.8) is 0 Å². The summed E-state index contributed by atoms with van der Waals surface area (Å²) in [6, 6.07) is 5.91. The quantitative estimate of drug-likeness (QED) is 0.683. The van der Waals surface area contributed by atoms with Crippen LogP contribution in [0.5, 0.6) is 0 Å². The highest BCUT2D eigenvalue weighted by Crippen LogP contribution is 2.51. The third-order valence-corrected chi connectivity index (χ3v) is 3.54. The highest BCUT2D eigenvalue weighted by Gasteiger charge is 2.73. The first-order valence-corrected chi connectivity index (χ1v) is 6.22. The van der Waals surface area contributed by atoms with Gasteiger partial charge in [-0.1, -0.05) is 24.3 Å². The molecule has 0 aliphatic carbocycles. The molecule has 0 heterocycles. The average Bonchev–Trinajstić information content (AvgIpc) is 2.37. The molecule has 1 aromatic rings. The molecular weight excluding hydrogens is 317 g/mol. The Morgan fingerprint density at radius 2 is 1.45 bits per heavy atom. The lowest BCUT2D eigenvalue weighted by atomic mass is 9.85. The SMILES string of the molecule is COC(C)(CC(F)(F)C(F)(F)C(F)(F)F)c1ccccc1C. The number of hydrogen-bond acceptors (Lipinski definition) is 1. The van der Waals surface area contributed by atoms with Crippen LogP contribution in [0.25, 0.3) is 0 Å². The lowest BCUT2D eigenvalue weighted by Gasteiger charge is -2.36. The number of methoxy groups -OCH3 is 1. The first-order valence-electron chi connectivity index (χ1n) is 6.22. The molecule has 1 nitrogen and oxygen atoms in total.